The summed E-state index contributed by atoms with van der Waals surface area (Å²) in [5, 5.41) is 0. The first-order valence-corrected chi connectivity index (χ1v) is 8.22. The minimum atomic E-state index is -1.19. The highest BCUT2D eigenvalue weighted by Crippen LogP contribution is 2.21. The standard InChI is InChI=1S/C17H31O4/c1-5-7-8-9-12-17(4,21-14-18)16(19)20-13-10-11-15(3)6-2/h15H,5-13H2,1-4H3. The molecule has 0 aliphatic carbocycles. The van der Waals surface area contributed by atoms with Gasteiger partial charge in [0.2, 0.25) is 5.60 Å². The van der Waals surface area contributed by atoms with E-state index < -0.39 is 11.6 Å². The lowest BCUT2D eigenvalue weighted by Crippen LogP contribution is -2.40. The van der Waals surface area contributed by atoms with Gasteiger partial charge in [0, 0.05) is 0 Å². The maximum atomic E-state index is 12.1. The summed E-state index contributed by atoms with van der Waals surface area (Å²) in [6.07, 6.45) is 7.61. The van der Waals surface area contributed by atoms with E-state index in [4.69, 9.17) is 9.47 Å². The Morgan fingerprint density at radius 1 is 1.19 bits per heavy atom. The van der Waals surface area contributed by atoms with Gasteiger partial charge >= 0.3 is 12.4 Å². The molecule has 0 rings (SSSR count). The molecule has 0 aliphatic heterocycles. The largest absolute Gasteiger partial charge is 0.463 e. The fourth-order valence-electron chi connectivity index (χ4n) is 2.13. The third kappa shape index (κ3) is 8.74. The maximum absolute atomic E-state index is 12.1. The molecule has 0 aliphatic rings. The van der Waals surface area contributed by atoms with E-state index in [0.717, 1.165) is 44.9 Å². The Labute approximate surface area is 129 Å². The van der Waals surface area contributed by atoms with Crippen molar-refractivity contribution in [1.82, 2.24) is 0 Å². The van der Waals surface area contributed by atoms with Crippen LogP contribution in [0.15, 0.2) is 0 Å². The zero-order valence-corrected chi connectivity index (χ0v) is 14.1. The first kappa shape index (κ1) is 19.9. The van der Waals surface area contributed by atoms with Gasteiger partial charge in [-0.3, -0.25) is 0 Å². The predicted molar refractivity (Wildman–Crippen MR) is 83.6 cm³/mol. The van der Waals surface area contributed by atoms with Gasteiger partial charge in [-0.1, -0.05) is 46.5 Å². The molecule has 0 bridgehead atoms. The van der Waals surface area contributed by atoms with E-state index in [-0.39, 0.29) is 0 Å². The lowest BCUT2D eigenvalue weighted by molar-refractivity contribution is -0.163. The SMILES string of the molecule is CCCCCCC(C)(O[C]=O)C(=O)OCCCC(C)CC. The predicted octanol–water partition coefficient (Wildman–Crippen LogP) is 4.17. The molecule has 21 heavy (non-hydrogen) atoms. The molecule has 0 N–H and O–H groups in total. The van der Waals surface area contributed by atoms with Crippen molar-refractivity contribution in [3.63, 3.8) is 0 Å². The molecule has 0 aromatic carbocycles. The van der Waals surface area contributed by atoms with Crippen molar-refractivity contribution >= 4 is 12.4 Å². The Balaban J connectivity index is 4.17. The van der Waals surface area contributed by atoms with Crippen LogP contribution < -0.4 is 0 Å². The van der Waals surface area contributed by atoms with Crippen molar-refractivity contribution in [2.24, 2.45) is 5.92 Å². The van der Waals surface area contributed by atoms with E-state index in [1.54, 1.807) is 6.92 Å². The molecule has 4 nitrogen and oxygen atoms in total. The highest BCUT2D eigenvalue weighted by Gasteiger charge is 2.36. The topological polar surface area (TPSA) is 52.6 Å². The molecule has 0 amide bonds. The molecular weight excluding hydrogens is 268 g/mol. The molecule has 0 heterocycles. The molecule has 1 radical (unpaired) electrons. The molecule has 0 spiro atoms. The van der Waals surface area contributed by atoms with E-state index in [2.05, 4.69) is 20.8 Å². The third-order valence-corrected chi connectivity index (χ3v) is 3.98. The van der Waals surface area contributed by atoms with Gasteiger partial charge in [-0.2, -0.15) is 0 Å². The van der Waals surface area contributed by atoms with Crippen LogP contribution in [-0.4, -0.2) is 24.6 Å². The number of esters is 1. The molecule has 0 fully saturated rings. The minimum Gasteiger partial charge on any atom is -0.463 e. The van der Waals surface area contributed by atoms with Crippen LogP contribution in [-0.2, 0) is 19.1 Å². The van der Waals surface area contributed by atoms with Crippen molar-refractivity contribution < 1.29 is 19.1 Å². The molecule has 0 aromatic heterocycles. The van der Waals surface area contributed by atoms with Crippen molar-refractivity contribution in [2.75, 3.05) is 6.61 Å². The number of hydrogen-bond donors (Lipinski definition) is 0. The number of carbonyl (C=O) groups excluding carboxylic acids is 2. The zero-order valence-electron chi connectivity index (χ0n) is 14.1. The Hall–Kier alpha value is -1.06. The van der Waals surface area contributed by atoms with Crippen molar-refractivity contribution in [2.45, 2.75) is 84.7 Å². The molecule has 0 saturated carbocycles. The Bertz CT molecular complexity index is 291. The monoisotopic (exact) mass is 299 g/mol. The number of rotatable bonds is 13. The van der Waals surface area contributed by atoms with Gasteiger partial charge in [0.15, 0.2) is 0 Å². The zero-order chi connectivity index (χ0) is 16.1. The molecule has 123 valence electrons. The Kier molecular flexibility index (Phi) is 11.0. The molecule has 0 aromatic rings. The quantitative estimate of drug-likeness (QED) is 0.378. The smallest absolute Gasteiger partial charge is 0.418 e. The summed E-state index contributed by atoms with van der Waals surface area (Å²) in [5.41, 5.74) is -1.19. The van der Waals surface area contributed by atoms with Gasteiger partial charge in [-0.05, 0) is 38.5 Å². The van der Waals surface area contributed by atoms with Crippen LogP contribution in [0.3, 0.4) is 0 Å². The number of hydrogen-bond acceptors (Lipinski definition) is 4. The highest BCUT2D eigenvalue weighted by molar-refractivity contribution is 5.80. The number of unbranched alkanes of at least 4 members (excludes halogenated alkanes) is 3. The summed E-state index contributed by atoms with van der Waals surface area (Å²) in [6, 6.07) is 0. The van der Waals surface area contributed by atoms with Crippen LogP contribution >= 0.6 is 0 Å². The average molecular weight is 299 g/mol. The number of ether oxygens (including phenoxy) is 2. The van der Waals surface area contributed by atoms with Gasteiger partial charge < -0.3 is 9.47 Å². The minimum absolute atomic E-state index is 0.385. The van der Waals surface area contributed by atoms with Crippen LogP contribution in [0, 0.1) is 5.92 Å². The fraction of sp³-hybridized carbons (Fsp3) is 0.882. The van der Waals surface area contributed by atoms with Gasteiger partial charge in [0.1, 0.15) is 0 Å². The summed E-state index contributed by atoms with van der Waals surface area (Å²) in [6.45, 7) is 9.85. The summed E-state index contributed by atoms with van der Waals surface area (Å²) in [4.78, 5) is 22.6. The third-order valence-electron chi connectivity index (χ3n) is 3.98. The van der Waals surface area contributed by atoms with Gasteiger partial charge in [0.25, 0.3) is 0 Å². The fourth-order valence-corrected chi connectivity index (χ4v) is 2.13. The van der Waals surface area contributed by atoms with Crippen LogP contribution in [0.25, 0.3) is 0 Å². The lowest BCUT2D eigenvalue weighted by Gasteiger charge is -2.25. The summed E-state index contributed by atoms with van der Waals surface area (Å²) >= 11 is 0. The Morgan fingerprint density at radius 2 is 1.90 bits per heavy atom. The van der Waals surface area contributed by atoms with Crippen LogP contribution in [0.1, 0.15) is 79.1 Å². The van der Waals surface area contributed by atoms with E-state index in [1.807, 2.05) is 0 Å². The van der Waals surface area contributed by atoms with Crippen molar-refractivity contribution in [3.8, 4) is 0 Å². The summed E-state index contributed by atoms with van der Waals surface area (Å²) in [5.74, 6) is 0.190. The van der Waals surface area contributed by atoms with Crippen LogP contribution in [0.2, 0.25) is 0 Å². The van der Waals surface area contributed by atoms with E-state index in [1.165, 1.54) is 6.47 Å². The maximum Gasteiger partial charge on any atom is 0.418 e. The normalized spacial score (nSPS) is 15.0. The second-order valence-electron chi connectivity index (χ2n) is 6.02. The summed E-state index contributed by atoms with van der Waals surface area (Å²) < 4.78 is 10.2. The van der Waals surface area contributed by atoms with E-state index in [9.17, 15) is 9.59 Å². The van der Waals surface area contributed by atoms with Crippen LogP contribution in [0.5, 0.6) is 0 Å². The van der Waals surface area contributed by atoms with Crippen molar-refractivity contribution in [1.29, 1.82) is 0 Å². The second-order valence-corrected chi connectivity index (χ2v) is 6.02. The highest BCUT2D eigenvalue weighted by atomic mass is 16.6. The van der Waals surface area contributed by atoms with Gasteiger partial charge in [0.05, 0.1) is 6.61 Å². The lowest BCUT2D eigenvalue weighted by atomic mass is 9.97. The van der Waals surface area contributed by atoms with E-state index in [0.29, 0.717) is 18.9 Å². The number of carbonyl (C=O) groups is 1. The molecule has 0 saturated heterocycles. The first-order chi connectivity index (χ1) is 10.00. The molecule has 4 heteroatoms. The first-order valence-electron chi connectivity index (χ1n) is 8.22. The molecule has 2 unspecified atom stereocenters. The van der Waals surface area contributed by atoms with Crippen LogP contribution in [0.4, 0.5) is 0 Å². The summed E-state index contributed by atoms with van der Waals surface area (Å²) in [7, 11) is 0. The average Bonchev–Trinajstić information content (AvgIpc) is 2.47. The van der Waals surface area contributed by atoms with Crippen molar-refractivity contribution in [3.05, 3.63) is 0 Å². The molecule has 2 atom stereocenters. The second kappa shape index (κ2) is 11.6. The van der Waals surface area contributed by atoms with E-state index >= 15 is 0 Å². The van der Waals surface area contributed by atoms with Gasteiger partial charge in [-0.15, -0.1) is 0 Å². The Morgan fingerprint density at radius 3 is 2.48 bits per heavy atom. The molecular formula is C17H31O4. The van der Waals surface area contributed by atoms with Gasteiger partial charge in [-0.25, -0.2) is 9.59 Å².